The minimum Gasteiger partial charge on any atom is -0.462 e. The molecule has 142 valence electrons. The van der Waals surface area contributed by atoms with Gasteiger partial charge in [-0.2, -0.15) is 0 Å². The number of ether oxygens (including phenoxy) is 1. The maximum absolute atomic E-state index is 12.0. The minimum atomic E-state index is -0.151. The van der Waals surface area contributed by atoms with Crippen LogP contribution in [0.15, 0.2) is 24.3 Å². The molecule has 4 aliphatic rings. The Morgan fingerprint density at radius 3 is 2.77 bits per heavy atom. The van der Waals surface area contributed by atoms with Crippen molar-refractivity contribution in [1.29, 1.82) is 0 Å². The minimum absolute atomic E-state index is 0.0467. The summed E-state index contributed by atoms with van der Waals surface area (Å²) in [5.41, 5.74) is 1.46. The molecule has 0 aliphatic heterocycles. The lowest BCUT2D eigenvalue weighted by Gasteiger charge is -2.58. The first kappa shape index (κ1) is 18.0. The molecular formula is C23H32O3. The fourth-order valence-corrected chi connectivity index (χ4v) is 7.35. The highest BCUT2D eigenvalue weighted by Crippen LogP contribution is 2.65. The Hall–Kier alpha value is -1.38. The second-order valence-electron chi connectivity index (χ2n) is 9.56. The lowest BCUT2D eigenvalue weighted by atomic mass is 9.46. The Balaban J connectivity index is 1.71. The van der Waals surface area contributed by atoms with Crippen molar-refractivity contribution in [1.82, 2.24) is 0 Å². The number of ketones is 1. The number of fused-ring (bicyclic) bond motifs is 5. The summed E-state index contributed by atoms with van der Waals surface area (Å²) in [5.74, 6) is 3.60. The summed E-state index contributed by atoms with van der Waals surface area (Å²) in [6.45, 7) is 10.5. The van der Waals surface area contributed by atoms with Gasteiger partial charge in [-0.1, -0.05) is 25.5 Å². The van der Waals surface area contributed by atoms with Gasteiger partial charge in [0.15, 0.2) is 5.78 Å². The normalized spacial score (nSPS) is 47.3. The molecule has 3 saturated carbocycles. The van der Waals surface area contributed by atoms with Crippen LogP contribution in [-0.2, 0) is 14.3 Å². The molecule has 3 heteroatoms. The predicted octanol–water partition coefficient (Wildman–Crippen LogP) is 4.72. The number of hydrogen-bond acceptors (Lipinski definition) is 3. The topological polar surface area (TPSA) is 43.4 Å². The number of rotatable bonds is 2. The Morgan fingerprint density at radius 1 is 1.31 bits per heavy atom. The molecule has 3 fully saturated rings. The maximum atomic E-state index is 12.0. The molecule has 0 heterocycles. The second-order valence-corrected chi connectivity index (χ2v) is 9.56. The zero-order valence-electron chi connectivity index (χ0n) is 16.4. The number of hydrogen-bond donors (Lipinski definition) is 0. The molecule has 0 aromatic rings. The number of carbonyl (C=O) groups excluding carboxylic acids is 2. The molecule has 8 atom stereocenters. The Bertz CT molecular complexity index is 662. The molecule has 0 aromatic carbocycles. The van der Waals surface area contributed by atoms with E-state index in [-0.39, 0.29) is 17.5 Å². The monoisotopic (exact) mass is 356 g/mol. The van der Waals surface area contributed by atoms with Crippen molar-refractivity contribution in [2.24, 2.45) is 40.9 Å². The van der Waals surface area contributed by atoms with Crippen molar-refractivity contribution in [3.8, 4) is 0 Å². The van der Waals surface area contributed by atoms with Crippen molar-refractivity contribution in [3.63, 3.8) is 0 Å². The molecule has 26 heavy (non-hydrogen) atoms. The van der Waals surface area contributed by atoms with E-state index in [1.807, 2.05) is 6.08 Å². The molecule has 0 spiro atoms. The van der Waals surface area contributed by atoms with Crippen LogP contribution in [0, 0.1) is 40.9 Å². The lowest BCUT2D eigenvalue weighted by molar-refractivity contribution is -0.159. The van der Waals surface area contributed by atoms with Crippen LogP contribution in [0.4, 0.5) is 0 Å². The predicted molar refractivity (Wildman–Crippen MR) is 101 cm³/mol. The van der Waals surface area contributed by atoms with Gasteiger partial charge in [0, 0.05) is 18.8 Å². The van der Waals surface area contributed by atoms with E-state index in [0.717, 1.165) is 32.1 Å². The van der Waals surface area contributed by atoms with E-state index in [9.17, 15) is 9.59 Å². The second kappa shape index (κ2) is 6.35. The third-order valence-corrected chi connectivity index (χ3v) is 8.22. The highest BCUT2D eigenvalue weighted by molar-refractivity contribution is 5.91. The molecule has 0 bridgehead atoms. The van der Waals surface area contributed by atoms with E-state index in [1.165, 1.54) is 12.5 Å². The van der Waals surface area contributed by atoms with E-state index >= 15 is 0 Å². The third kappa shape index (κ3) is 2.61. The zero-order chi connectivity index (χ0) is 18.6. The van der Waals surface area contributed by atoms with E-state index in [4.69, 9.17) is 4.74 Å². The van der Waals surface area contributed by atoms with Gasteiger partial charge in [0.05, 0.1) is 0 Å². The van der Waals surface area contributed by atoms with Gasteiger partial charge in [-0.3, -0.25) is 9.59 Å². The molecule has 3 nitrogen and oxygen atoms in total. The van der Waals surface area contributed by atoms with E-state index in [0.29, 0.717) is 47.7 Å². The lowest BCUT2D eigenvalue weighted by Crippen LogP contribution is -2.54. The van der Waals surface area contributed by atoms with Gasteiger partial charge in [-0.25, -0.2) is 0 Å². The molecule has 4 rings (SSSR count). The maximum Gasteiger partial charge on any atom is 0.302 e. The first-order chi connectivity index (χ1) is 12.3. The molecule has 0 radical (unpaired) electrons. The summed E-state index contributed by atoms with van der Waals surface area (Å²) < 4.78 is 5.78. The highest BCUT2D eigenvalue weighted by atomic mass is 16.5. The highest BCUT2D eigenvalue weighted by Gasteiger charge is 2.61. The van der Waals surface area contributed by atoms with Crippen LogP contribution in [0.1, 0.15) is 59.3 Å². The fraction of sp³-hybridized carbons (Fsp3) is 0.739. The van der Waals surface area contributed by atoms with E-state index in [1.54, 1.807) is 0 Å². The number of esters is 1. The van der Waals surface area contributed by atoms with Crippen molar-refractivity contribution >= 4 is 11.8 Å². The van der Waals surface area contributed by atoms with Crippen molar-refractivity contribution in [3.05, 3.63) is 24.3 Å². The van der Waals surface area contributed by atoms with Crippen molar-refractivity contribution in [2.75, 3.05) is 0 Å². The summed E-state index contributed by atoms with van der Waals surface area (Å²) in [4.78, 5) is 23.6. The van der Waals surface area contributed by atoms with Gasteiger partial charge < -0.3 is 4.74 Å². The molecule has 0 amide bonds. The average Bonchev–Trinajstić information content (AvgIpc) is 2.89. The smallest absolute Gasteiger partial charge is 0.302 e. The van der Waals surface area contributed by atoms with Gasteiger partial charge in [0.1, 0.15) is 6.10 Å². The van der Waals surface area contributed by atoms with Crippen LogP contribution >= 0.6 is 0 Å². The molecule has 0 aromatic heterocycles. The van der Waals surface area contributed by atoms with Crippen LogP contribution in [0.3, 0.4) is 0 Å². The third-order valence-electron chi connectivity index (χ3n) is 8.22. The summed E-state index contributed by atoms with van der Waals surface area (Å²) in [5, 5.41) is 0. The molecular weight excluding hydrogens is 324 g/mol. The first-order valence-electron chi connectivity index (χ1n) is 10.4. The standard InChI is InChI=1S/C23H32O3/c1-5-15-12-23(4)19(8-9-20(23)26-14(3)24)21-13(2)10-16-11-17(25)6-7-18(16)22(15)21/h5,11,13,15,18-22H,1,6-10,12H2,2-4H3/t13?,15?,18?,19?,20-,21?,22?,23-/m0/s1. The Kier molecular flexibility index (Phi) is 4.40. The largest absolute Gasteiger partial charge is 0.462 e. The van der Waals surface area contributed by atoms with Crippen LogP contribution < -0.4 is 0 Å². The van der Waals surface area contributed by atoms with E-state index < -0.39 is 0 Å². The van der Waals surface area contributed by atoms with Gasteiger partial charge in [0.25, 0.3) is 0 Å². The van der Waals surface area contributed by atoms with E-state index in [2.05, 4.69) is 26.5 Å². The summed E-state index contributed by atoms with van der Waals surface area (Å²) in [6.07, 6.45) is 10.2. The molecule has 0 N–H and O–H groups in total. The summed E-state index contributed by atoms with van der Waals surface area (Å²) >= 11 is 0. The average molecular weight is 357 g/mol. The molecule has 0 saturated heterocycles. The number of carbonyl (C=O) groups is 2. The quantitative estimate of drug-likeness (QED) is 0.531. The fourth-order valence-electron chi connectivity index (χ4n) is 7.35. The Labute approximate surface area is 157 Å². The van der Waals surface area contributed by atoms with Gasteiger partial charge in [0.2, 0.25) is 0 Å². The molecule has 6 unspecified atom stereocenters. The van der Waals surface area contributed by atoms with Crippen molar-refractivity contribution in [2.45, 2.75) is 65.4 Å². The first-order valence-corrected chi connectivity index (χ1v) is 10.4. The Morgan fingerprint density at radius 2 is 2.08 bits per heavy atom. The number of allylic oxidation sites excluding steroid dienone is 2. The SMILES string of the molecule is C=CC1C[C@@]2(C)C(CC[C@@H]2OC(C)=O)C2C(C)CC3=CC(=O)CCC3C12. The molecule has 4 aliphatic carbocycles. The van der Waals surface area contributed by atoms with Crippen LogP contribution in [-0.4, -0.2) is 17.9 Å². The van der Waals surface area contributed by atoms with Crippen LogP contribution in [0.2, 0.25) is 0 Å². The van der Waals surface area contributed by atoms with Gasteiger partial charge >= 0.3 is 5.97 Å². The summed E-state index contributed by atoms with van der Waals surface area (Å²) in [6, 6.07) is 0. The summed E-state index contributed by atoms with van der Waals surface area (Å²) in [7, 11) is 0. The zero-order valence-corrected chi connectivity index (χ0v) is 16.4. The van der Waals surface area contributed by atoms with Crippen LogP contribution in [0.5, 0.6) is 0 Å². The van der Waals surface area contributed by atoms with Crippen molar-refractivity contribution < 1.29 is 14.3 Å². The van der Waals surface area contributed by atoms with Crippen LogP contribution in [0.25, 0.3) is 0 Å². The van der Waals surface area contributed by atoms with Gasteiger partial charge in [-0.05, 0) is 73.7 Å². The van der Waals surface area contributed by atoms with Gasteiger partial charge in [-0.15, -0.1) is 6.58 Å².